The highest BCUT2D eigenvalue weighted by Crippen LogP contribution is 2.24. The number of hydrogen-bond donors (Lipinski definition) is 2. The Hall–Kier alpha value is -2.41. The van der Waals surface area contributed by atoms with Gasteiger partial charge in [0.15, 0.2) is 5.89 Å². The van der Waals surface area contributed by atoms with Gasteiger partial charge in [-0.1, -0.05) is 31.5 Å². The minimum Gasteiger partial charge on any atom is -0.492 e. The van der Waals surface area contributed by atoms with Crippen LogP contribution in [0.5, 0.6) is 5.75 Å². The first-order chi connectivity index (χ1) is 13.5. The molecule has 0 bridgehead atoms. The summed E-state index contributed by atoms with van der Waals surface area (Å²) in [4.78, 5) is 8.46. The SMILES string of the molecule is CC(C)c1nc(-c2ccc(OCCNCC(O)c3ccc(Cl)nc3)cc2)co1. The second kappa shape index (κ2) is 9.68. The van der Waals surface area contributed by atoms with Gasteiger partial charge in [0.25, 0.3) is 0 Å². The van der Waals surface area contributed by atoms with Gasteiger partial charge >= 0.3 is 0 Å². The van der Waals surface area contributed by atoms with E-state index in [2.05, 4.69) is 15.3 Å². The van der Waals surface area contributed by atoms with Gasteiger partial charge in [-0.25, -0.2) is 9.97 Å². The van der Waals surface area contributed by atoms with E-state index < -0.39 is 6.10 Å². The molecule has 7 heteroatoms. The van der Waals surface area contributed by atoms with Gasteiger partial charge in [-0.15, -0.1) is 0 Å². The smallest absolute Gasteiger partial charge is 0.197 e. The van der Waals surface area contributed by atoms with Gasteiger partial charge in [-0.3, -0.25) is 0 Å². The second-order valence-electron chi connectivity index (χ2n) is 6.73. The molecule has 1 unspecified atom stereocenters. The Morgan fingerprint density at radius 1 is 1.18 bits per heavy atom. The van der Waals surface area contributed by atoms with Crippen molar-refractivity contribution in [1.29, 1.82) is 0 Å². The lowest BCUT2D eigenvalue weighted by Gasteiger charge is -2.12. The first-order valence-corrected chi connectivity index (χ1v) is 9.59. The van der Waals surface area contributed by atoms with Crippen molar-refractivity contribution in [1.82, 2.24) is 15.3 Å². The third kappa shape index (κ3) is 5.55. The van der Waals surface area contributed by atoms with Gasteiger partial charge in [0.05, 0.1) is 6.10 Å². The van der Waals surface area contributed by atoms with E-state index in [4.69, 9.17) is 20.8 Å². The number of aliphatic hydroxyl groups is 1. The van der Waals surface area contributed by atoms with Gasteiger partial charge in [-0.05, 0) is 30.3 Å². The molecule has 0 saturated carbocycles. The molecule has 0 radical (unpaired) electrons. The van der Waals surface area contributed by atoms with Crippen LogP contribution in [0.2, 0.25) is 5.15 Å². The summed E-state index contributed by atoms with van der Waals surface area (Å²) < 4.78 is 11.2. The molecule has 0 aliphatic heterocycles. The van der Waals surface area contributed by atoms with E-state index in [1.54, 1.807) is 24.6 Å². The molecular formula is C21H24ClN3O3. The average Bonchev–Trinajstić information content (AvgIpc) is 3.19. The Bertz CT molecular complexity index is 863. The lowest BCUT2D eigenvalue weighted by molar-refractivity contribution is 0.171. The summed E-state index contributed by atoms with van der Waals surface area (Å²) in [6.07, 6.45) is 2.62. The van der Waals surface area contributed by atoms with E-state index in [0.717, 1.165) is 28.5 Å². The van der Waals surface area contributed by atoms with Crippen LogP contribution in [0.4, 0.5) is 0 Å². The number of benzene rings is 1. The number of nitrogens with one attached hydrogen (secondary N) is 1. The maximum absolute atomic E-state index is 10.1. The number of ether oxygens (including phenoxy) is 1. The number of pyridine rings is 1. The summed E-state index contributed by atoms with van der Waals surface area (Å²) in [6, 6.07) is 11.2. The van der Waals surface area contributed by atoms with Crippen LogP contribution in [-0.4, -0.2) is 34.8 Å². The predicted octanol–water partition coefficient (Wildman–Crippen LogP) is 4.22. The van der Waals surface area contributed by atoms with Crippen LogP contribution in [0, 0.1) is 0 Å². The van der Waals surface area contributed by atoms with Gasteiger partial charge < -0.3 is 19.6 Å². The summed E-state index contributed by atoms with van der Waals surface area (Å²) in [7, 11) is 0. The van der Waals surface area contributed by atoms with Crippen molar-refractivity contribution in [2.24, 2.45) is 0 Å². The highest BCUT2D eigenvalue weighted by Gasteiger charge is 2.10. The van der Waals surface area contributed by atoms with E-state index >= 15 is 0 Å². The number of rotatable bonds is 9. The van der Waals surface area contributed by atoms with Crippen LogP contribution in [-0.2, 0) is 0 Å². The molecule has 2 heterocycles. The van der Waals surface area contributed by atoms with Gasteiger partial charge in [0, 0.05) is 36.3 Å². The van der Waals surface area contributed by atoms with Crippen LogP contribution in [0.1, 0.15) is 37.3 Å². The largest absolute Gasteiger partial charge is 0.492 e. The van der Waals surface area contributed by atoms with E-state index in [1.807, 2.05) is 38.1 Å². The van der Waals surface area contributed by atoms with E-state index in [9.17, 15) is 5.11 Å². The zero-order valence-corrected chi connectivity index (χ0v) is 16.7. The molecule has 2 N–H and O–H groups in total. The molecule has 28 heavy (non-hydrogen) atoms. The molecule has 0 aliphatic rings. The fourth-order valence-electron chi connectivity index (χ4n) is 2.59. The van der Waals surface area contributed by atoms with Gasteiger partial charge in [-0.2, -0.15) is 0 Å². The molecule has 148 valence electrons. The van der Waals surface area contributed by atoms with Crippen molar-refractivity contribution in [2.75, 3.05) is 19.7 Å². The molecule has 2 aromatic heterocycles. The van der Waals surface area contributed by atoms with Crippen LogP contribution < -0.4 is 10.1 Å². The topological polar surface area (TPSA) is 80.4 Å². The number of aromatic nitrogens is 2. The molecule has 0 aliphatic carbocycles. The first kappa shape index (κ1) is 20.3. The van der Waals surface area contributed by atoms with Crippen molar-refractivity contribution >= 4 is 11.6 Å². The van der Waals surface area contributed by atoms with E-state index in [0.29, 0.717) is 24.8 Å². The van der Waals surface area contributed by atoms with Crippen LogP contribution in [0.25, 0.3) is 11.3 Å². The molecule has 0 amide bonds. The van der Waals surface area contributed by atoms with Crippen molar-refractivity contribution in [3.8, 4) is 17.0 Å². The summed E-state index contributed by atoms with van der Waals surface area (Å²) >= 11 is 5.75. The minimum absolute atomic E-state index is 0.262. The van der Waals surface area contributed by atoms with Crippen LogP contribution in [0.3, 0.4) is 0 Å². The van der Waals surface area contributed by atoms with Crippen molar-refractivity contribution in [2.45, 2.75) is 25.9 Å². The Morgan fingerprint density at radius 2 is 1.96 bits per heavy atom. The Balaban J connectivity index is 1.40. The van der Waals surface area contributed by atoms with Gasteiger partial charge in [0.1, 0.15) is 29.5 Å². The number of aliphatic hydroxyl groups excluding tert-OH is 1. The highest BCUT2D eigenvalue weighted by molar-refractivity contribution is 6.29. The molecule has 0 saturated heterocycles. The molecule has 3 rings (SSSR count). The first-order valence-electron chi connectivity index (χ1n) is 9.22. The monoisotopic (exact) mass is 401 g/mol. The standard InChI is InChI=1S/C21H24ClN3O3/c1-14(2)21-25-18(13-28-21)15-3-6-17(7-4-15)27-10-9-23-12-19(26)16-5-8-20(22)24-11-16/h3-8,11,13-14,19,23,26H,9-10,12H2,1-2H3. The van der Waals surface area contributed by atoms with Crippen LogP contribution >= 0.6 is 11.6 Å². The number of halogens is 1. The Kier molecular flexibility index (Phi) is 7.03. The lowest BCUT2D eigenvalue weighted by Crippen LogP contribution is -2.26. The third-order valence-electron chi connectivity index (χ3n) is 4.19. The molecule has 6 nitrogen and oxygen atoms in total. The average molecular weight is 402 g/mol. The fraction of sp³-hybridized carbons (Fsp3) is 0.333. The zero-order chi connectivity index (χ0) is 19.9. The molecule has 1 atom stereocenters. The van der Waals surface area contributed by atoms with Crippen LogP contribution in [0.15, 0.2) is 53.3 Å². The Morgan fingerprint density at radius 3 is 2.61 bits per heavy atom. The Labute approximate surface area is 169 Å². The summed E-state index contributed by atoms with van der Waals surface area (Å²) in [5.74, 6) is 1.77. The summed E-state index contributed by atoms with van der Waals surface area (Å²) in [6.45, 7) is 5.61. The second-order valence-corrected chi connectivity index (χ2v) is 7.12. The predicted molar refractivity (Wildman–Crippen MR) is 109 cm³/mol. The molecule has 1 aromatic carbocycles. The maximum Gasteiger partial charge on any atom is 0.197 e. The third-order valence-corrected chi connectivity index (χ3v) is 4.41. The molecular weight excluding hydrogens is 378 g/mol. The van der Waals surface area contributed by atoms with E-state index in [1.165, 1.54) is 0 Å². The molecule has 0 spiro atoms. The number of oxazole rings is 1. The lowest BCUT2D eigenvalue weighted by atomic mass is 10.1. The minimum atomic E-state index is -0.637. The van der Waals surface area contributed by atoms with Crippen molar-refractivity contribution in [3.05, 3.63) is 65.5 Å². The summed E-state index contributed by atoms with van der Waals surface area (Å²) in [5, 5.41) is 13.7. The summed E-state index contributed by atoms with van der Waals surface area (Å²) in [5.41, 5.74) is 2.53. The normalized spacial score (nSPS) is 12.3. The van der Waals surface area contributed by atoms with E-state index in [-0.39, 0.29) is 5.92 Å². The highest BCUT2D eigenvalue weighted by atomic mass is 35.5. The number of hydrogen-bond acceptors (Lipinski definition) is 6. The fourth-order valence-corrected chi connectivity index (χ4v) is 2.70. The number of nitrogens with zero attached hydrogens (tertiary/aromatic N) is 2. The van der Waals surface area contributed by atoms with Crippen molar-refractivity contribution < 1.29 is 14.3 Å². The van der Waals surface area contributed by atoms with Crippen molar-refractivity contribution in [3.63, 3.8) is 0 Å². The molecule has 3 aromatic rings. The zero-order valence-electron chi connectivity index (χ0n) is 15.9. The quantitative estimate of drug-likeness (QED) is 0.413. The maximum atomic E-state index is 10.1. The molecule has 0 fully saturated rings. The van der Waals surface area contributed by atoms with Gasteiger partial charge in [0.2, 0.25) is 0 Å².